The second kappa shape index (κ2) is 10.2. The Labute approximate surface area is 234 Å². The van der Waals surface area contributed by atoms with Crippen molar-refractivity contribution in [1.82, 2.24) is 20.1 Å². The number of amides is 2. The van der Waals surface area contributed by atoms with Gasteiger partial charge in [0.1, 0.15) is 17.1 Å². The molecule has 2 amide bonds. The van der Waals surface area contributed by atoms with E-state index >= 15 is 4.39 Å². The molecule has 0 bridgehead atoms. The number of aliphatic imine (C=N–C) groups is 1. The predicted molar refractivity (Wildman–Crippen MR) is 151 cm³/mol. The summed E-state index contributed by atoms with van der Waals surface area (Å²) in [4.78, 5) is 36.0. The van der Waals surface area contributed by atoms with E-state index in [0.717, 1.165) is 24.0 Å². The van der Waals surface area contributed by atoms with E-state index in [2.05, 4.69) is 26.0 Å². The van der Waals surface area contributed by atoms with Crippen LogP contribution in [0.25, 0.3) is 11.3 Å². The van der Waals surface area contributed by atoms with Gasteiger partial charge in [0.15, 0.2) is 0 Å². The van der Waals surface area contributed by atoms with E-state index < -0.39 is 23.9 Å². The summed E-state index contributed by atoms with van der Waals surface area (Å²) < 4.78 is 22.7. The lowest BCUT2D eigenvalue weighted by Gasteiger charge is -2.17. The number of nitrogens with one attached hydrogen (secondary N) is 3. The number of benzodiazepines with no additional fused rings is 1. The number of para-hydroxylation sites is 1. The van der Waals surface area contributed by atoms with Crippen LogP contribution >= 0.6 is 0 Å². The van der Waals surface area contributed by atoms with E-state index in [-0.39, 0.29) is 22.7 Å². The summed E-state index contributed by atoms with van der Waals surface area (Å²) in [7, 11) is 0. The highest BCUT2D eigenvalue weighted by molar-refractivity contribution is 6.20. The molecule has 4 heterocycles. The molecule has 4 aromatic rings. The molecule has 7 rings (SSSR count). The number of aryl methyl sites for hydroxylation is 1. The second-order valence-electron chi connectivity index (χ2n) is 10.2. The number of halogens is 1. The standard InChI is InChI=1S/C30H26FN7O3/c31-26-20(13-14-22(34-26)32-18-11-12-18)25-23(30-38(37-25)15-6-16-41-30)28(39)36-27-29(40)33-21-10-5-4-9-19(21)24(35-27)17-7-2-1-3-8-17/h1-5,7-10,13-14,18,27H,6,11-12,15-16H2,(H,32,34)(H,33,40)(H,36,39). The maximum atomic E-state index is 15.3. The average molecular weight is 552 g/mol. The first-order chi connectivity index (χ1) is 20.0. The van der Waals surface area contributed by atoms with Crippen molar-refractivity contribution < 1.29 is 18.7 Å². The number of carbonyl (C=O) groups excluding carboxylic acids is 2. The van der Waals surface area contributed by atoms with Crippen LogP contribution in [0.1, 0.15) is 40.7 Å². The van der Waals surface area contributed by atoms with Crippen LogP contribution < -0.4 is 20.7 Å². The Balaban J connectivity index is 1.27. The molecule has 3 aliphatic rings. The fourth-order valence-electron chi connectivity index (χ4n) is 5.03. The van der Waals surface area contributed by atoms with Gasteiger partial charge >= 0.3 is 0 Å². The first kappa shape index (κ1) is 24.9. The SMILES string of the molecule is O=C(NC1N=C(c2ccccc2)c2ccccc2NC1=O)c1c(-c2ccc(NC3CC3)nc2F)nn2c1OCCC2. The minimum Gasteiger partial charge on any atom is -0.477 e. The van der Waals surface area contributed by atoms with Gasteiger partial charge in [-0.25, -0.2) is 14.7 Å². The highest BCUT2D eigenvalue weighted by Gasteiger charge is 2.34. The Morgan fingerprint density at radius 1 is 1.02 bits per heavy atom. The number of hydrogen-bond acceptors (Lipinski definition) is 7. The van der Waals surface area contributed by atoms with E-state index in [1.165, 1.54) is 0 Å². The molecule has 2 aromatic carbocycles. The van der Waals surface area contributed by atoms with Gasteiger partial charge < -0.3 is 20.7 Å². The molecule has 1 unspecified atom stereocenters. The van der Waals surface area contributed by atoms with Gasteiger partial charge in [0.05, 0.1) is 23.6 Å². The van der Waals surface area contributed by atoms with Crippen LogP contribution in [0, 0.1) is 5.95 Å². The fraction of sp³-hybridized carbons (Fsp3) is 0.233. The van der Waals surface area contributed by atoms with E-state index in [9.17, 15) is 9.59 Å². The third kappa shape index (κ3) is 4.79. The van der Waals surface area contributed by atoms with Crippen molar-refractivity contribution in [3.63, 3.8) is 0 Å². The van der Waals surface area contributed by atoms with Gasteiger partial charge in [-0.15, -0.1) is 0 Å². The first-order valence-electron chi connectivity index (χ1n) is 13.6. The average Bonchev–Trinajstić information content (AvgIpc) is 3.74. The van der Waals surface area contributed by atoms with Crippen LogP contribution in [0.15, 0.2) is 71.7 Å². The summed E-state index contributed by atoms with van der Waals surface area (Å²) in [5, 5.41) is 13.3. The molecular formula is C30H26FN7O3. The van der Waals surface area contributed by atoms with Gasteiger partial charge in [-0.3, -0.25) is 9.59 Å². The maximum Gasteiger partial charge on any atom is 0.269 e. The fourth-order valence-corrected chi connectivity index (χ4v) is 5.03. The van der Waals surface area contributed by atoms with Crippen molar-refractivity contribution in [3.8, 4) is 17.1 Å². The molecule has 1 saturated carbocycles. The van der Waals surface area contributed by atoms with Crippen molar-refractivity contribution in [1.29, 1.82) is 0 Å². The number of aromatic nitrogens is 3. The summed E-state index contributed by atoms with van der Waals surface area (Å²) in [6.45, 7) is 0.882. The normalized spacial score (nSPS) is 17.7. The monoisotopic (exact) mass is 551 g/mol. The lowest BCUT2D eigenvalue weighted by Crippen LogP contribution is -2.42. The van der Waals surface area contributed by atoms with Crippen LogP contribution in [-0.2, 0) is 11.3 Å². The van der Waals surface area contributed by atoms with Crippen molar-refractivity contribution in [2.45, 2.75) is 38.0 Å². The quantitative estimate of drug-likeness (QED) is 0.312. The Bertz CT molecular complexity index is 1700. The number of pyridine rings is 1. The molecule has 3 N–H and O–H groups in total. The molecule has 1 atom stereocenters. The third-order valence-electron chi connectivity index (χ3n) is 7.18. The van der Waals surface area contributed by atoms with Crippen molar-refractivity contribution in [2.24, 2.45) is 4.99 Å². The van der Waals surface area contributed by atoms with Gasteiger partial charge in [-0.05, 0) is 31.0 Å². The van der Waals surface area contributed by atoms with E-state index in [1.54, 1.807) is 22.9 Å². The molecule has 206 valence electrons. The van der Waals surface area contributed by atoms with Gasteiger partial charge in [-0.1, -0.05) is 48.5 Å². The Morgan fingerprint density at radius 2 is 1.83 bits per heavy atom. The van der Waals surface area contributed by atoms with Crippen molar-refractivity contribution in [3.05, 3.63) is 89.4 Å². The zero-order valence-electron chi connectivity index (χ0n) is 21.9. The first-order valence-corrected chi connectivity index (χ1v) is 13.6. The van der Waals surface area contributed by atoms with Gasteiger partial charge in [0, 0.05) is 30.1 Å². The number of ether oxygens (including phenoxy) is 1. The number of nitrogens with zero attached hydrogens (tertiary/aromatic N) is 4. The molecule has 0 spiro atoms. The maximum absolute atomic E-state index is 15.3. The number of benzene rings is 2. The third-order valence-corrected chi connectivity index (χ3v) is 7.18. The molecule has 0 saturated heterocycles. The van der Waals surface area contributed by atoms with E-state index in [1.807, 2.05) is 48.5 Å². The summed E-state index contributed by atoms with van der Waals surface area (Å²) in [5.41, 5.74) is 2.82. The Kier molecular flexibility index (Phi) is 6.18. The van der Waals surface area contributed by atoms with E-state index in [4.69, 9.17) is 9.73 Å². The molecule has 0 radical (unpaired) electrons. The Hall–Kier alpha value is -5.06. The Morgan fingerprint density at radius 3 is 2.63 bits per heavy atom. The lowest BCUT2D eigenvalue weighted by atomic mass is 10.0. The minimum absolute atomic E-state index is 0.0272. The summed E-state index contributed by atoms with van der Waals surface area (Å²) in [6.07, 6.45) is 1.46. The van der Waals surface area contributed by atoms with Crippen LogP contribution in [0.4, 0.5) is 15.9 Å². The van der Waals surface area contributed by atoms with Gasteiger partial charge in [0.2, 0.25) is 18.0 Å². The number of rotatable bonds is 6. The highest BCUT2D eigenvalue weighted by atomic mass is 19.1. The van der Waals surface area contributed by atoms with Crippen molar-refractivity contribution >= 4 is 29.0 Å². The van der Waals surface area contributed by atoms with Crippen LogP contribution in [0.5, 0.6) is 5.88 Å². The van der Waals surface area contributed by atoms with Crippen LogP contribution in [0.2, 0.25) is 0 Å². The summed E-state index contributed by atoms with van der Waals surface area (Å²) in [6, 6.07) is 20.3. The number of anilines is 2. The molecular weight excluding hydrogens is 525 g/mol. The van der Waals surface area contributed by atoms with Crippen LogP contribution in [-0.4, -0.2) is 51.1 Å². The number of carbonyl (C=O) groups is 2. The zero-order chi connectivity index (χ0) is 27.9. The van der Waals surface area contributed by atoms with Gasteiger partial charge in [-0.2, -0.15) is 9.49 Å². The molecule has 10 nitrogen and oxygen atoms in total. The van der Waals surface area contributed by atoms with Crippen LogP contribution in [0.3, 0.4) is 0 Å². The largest absolute Gasteiger partial charge is 0.477 e. The topological polar surface area (TPSA) is 123 Å². The highest BCUT2D eigenvalue weighted by Crippen LogP contribution is 2.35. The van der Waals surface area contributed by atoms with Crippen molar-refractivity contribution in [2.75, 3.05) is 17.2 Å². The number of fused-ring (bicyclic) bond motifs is 2. The lowest BCUT2D eigenvalue weighted by molar-refractivity contribution is -0.117. The molecule has 41 heavy (non-hydrogen) atoms. The minimum atomic E-state index is -1.27. The molecule has 2 aliphatic heterocycles. The molecule has 11 heteroatoms. The smallest absolute Gasteiger partial charge is 0.269 e. The van der Waals surface area contributed by atoms with E-state index in [0.29, 0.717) is 42.8 Å². The molecule has 2 aromatic heterocycles. The van der Waals surface area contributed by atoms with Gasteiger partial charge in [0.25, 0.3) is 11.8 Å². The summed E-state index contributed by atoms with van der Waals surface area (Å²) in [5.74, 6) is -1.29. The zero-order valence-corrected chi connectivity index (χ0v) is 21.9. The molecule has 1 fully saturated rings. The summed E-state index contributed by atoms with van der Waals surface area (Å²) >= 11 is 0. The predicted octanol–water partition coefficient (Wildman–Crippen LogP) is 3.99. The number of hydrogen-bond donors (Lipinski definition) is 3. The second-order valence-corrected chi connectivity index (χ2v) is 10.2. The molecule has 1 aliphatic carbocycles.